The predicted octanol–water partition coefficient (Wildman–Crippen LogP) is 4.68. The molecule has 0 radical (unpaired) electrons. The largest absolute Gasteiger partial charge is 0.349 e. The number of aryl methyl sites for hydroxylation is 3. The van der Waals surface area contributed by atoms with Crippen LogP contribution in [-0.2, 0) is 11.3 Å². The summed E-state index contributed by atoms with van der Waals surface area (Å²) in [5, 5.41) is 12.3. The lowest BCUT2D eigenvalue weighted by Gasteiger charge is -2.11. The fourth-order valence-electron chi connectivity index (χ4n) is 3.04. The zero-order valence-corrected chi connectivity index (χ0v) is 15.6. The third-order valence-corrected chi connectivity index (χ3v) is 4.44. The summed E-state index contributed by atoms with van der Waals surface area (Å²) in [6.07, 6.45) is 2.72. The number of carbonyl (C=O) groups is 1. The van der Waals surface area contributed by atoms with Crippen molar-refractivity contribution in [1.29, 1.82) is 5.26 Å². The molecule has 25 heavy (non-hydrogen) atoms. The SMILES string of the molecule is CCCn1c(C)cc(/C=C(\C#N)C(=O)Nc2c(C)cccc2C)c1C. The van der Waals surface area contributed by atoms with Gasteiger partial charge >= 0.3 is 0 Å². The molecule has 1 amide bonds. The molecule has 0 atom stereocenters. The van der Waals surface area contributed by atoms with Gasteiger partial charge < -0.3 is 9.88 Å². The van der Waals surface area contributed by atoms with Crippen molar-refractivity contribution in [3.05, 3.63) is 57.9 Å². The smallest absolute Gasteiger partial charge is 0.266 e. The highest BCUT2D eigenvalue weighted by atomic mass is 16.1. The first kappa shape index (κ1) is 18.5. The van der Waals surface area contributed by atoms with E-state index in [1.165, 1.54) is 0 Å². The van der Waals surface area contributed by atoms with E-state index in [9.17, 15) is 10.1 Å². The van der Waals surface area contributed by atoms with Crippen molar-refractivity contribution < 1.29 is 4.79 Å². The van der Waals surface area contributed by atoms with Crippen molar-refractivity contribution in [3.8, 4) is 6.07 Å². The fraction of sp³-hybridized carbons (Fsp3) is 0.333. The molecule has 1 N–H and O–H groups in total. The maximum atomic E-state index is 12.6. The van der Waals surface area contributed by atoms with Gasteiger partial charge in [0.1, 0.15) is 11.6 Å². The van der Waals surface area contributed by atoms with Gasteiger partial charge in [0.15, 0.2) is 0 Å². The Balaban J connectivity index is 2.34. The highest BCUT2D eigenvalue weighted by molar-refractivity contribution is 6.10. The van der Waals surface area contributed by atoms with Crippen LogP contribution in [-0.4, -0.2) is 10.5 Å². The third-order valence-electron chi connectivity index (χ3n) is 4.44. The van der Waals surface area contributed by atoms with Crippen molar-refractivity contribution in [2.45, 2.75) is 47.6 Å². The van der Waals surface area contributed by atoms with E-state index in [1.54, 1.807) is 6.08 Å². The Hall–Kier alpha value is -2.80. The van der Waals surface area contributed by atoms with Gasteiger partial charge in [0.05, 0.1) is 0 Å². The number of hydrogen-bond donors (Lipinski definition) is 1. The second-order valence-corrected chi connectivity index (χ2v) is 6.37. The topological polar surface area (TPSA) is 57.8 Å². The lowest BCUT2D eigenvalue weighted by molar-refractivity contribution is -0.112. The van der Waals surface area contributed by atoms with Gasteiger partial charge in [0.2, 0.25) is 0 Å². The fourth-order valence-corrected chi connectivity index (χ4v) is 3.04. The predicted molar refractivity (Wildman–Crippen MR) is 102 cm³/mol. The Bertz CT molecular complexity index is 846. The van der Waals surface area contributed by atoms with Crippen molar-refractivity contribution in [3.63, 3.8) is 0 Å². The number of aromatic nitrogens is 1. The van der Waals surface area contributed by atoms with Gasteiger partial charge in [0, 0.05) is 23.6 Å². The molecular formula is C21H25N3O. The summed E-state index contributed by atoms with van der Waals surface area (Å²) in [4.78, 5) is 12.6. The minimum Gasteiger partial charge on any atom is -0.349 e. The maximum Gasteiger partial charge on any atom is 0.266 e. The molecule has 130 valence electrons. The molecule has 0 aliphatic rings. The summed E-state index contributed by atoms with van der Waals surface area (Å²) < 4.78 is 2.21. The highest BCUT2D eigenvalue weighted by Gasteiger charge is 2.14. The van der Waals surface area contributed by atoms with Crippen LogP contribution in [0.25, 0.3) is 6.08 Å². The Morgan fingerprint density at radius 2 is 1.88 bits per heavy atom. The average Bonchev–Trinajstić information content (AvgIpc) is 2.83. The molecule has 2 rings (SSSR count). The van der Waals surface area contributed by atoms with Crippen LogP contribution in [0.15, 0.2) is 29.8 Å². The van der Waals surface area contributed by atoms with E-state index in [4.69, 9.17) is 0 Å². The molecule has 0 spiro atoms. The van der Waals surface area contributed by atoms with Crippen molar-refractivity contribution in [2.75, 3.05) is 5.32 Å². The summed E-state index contributed by atoms with van der Waals surface area (Å²) >= 11 is 0. The zero-order valence-electron chi connectivity index (χ0n) is 15.6. The first-order valence-electron chi connectivity index (χ1n) is 8.55. The second-order valence-electron chi connectivity index (χ2n) is 6.37. The van der Waals surface area contributed by atoms with Crippen molar-refractivity contribution >= 4 is 17.7 Å². The molecule has 0 fully saturated rings. The molecule has 0 saturated heterocycles. The molecule has 4 nitrogen and oxygen atoms in total. The van der Waals surface area contributed by atoms with Gasteiger partial charge in [-0.2, -0.15) is 5.26 Å². The zero-order chi connectivity index (χ0) is 18.6. The summed E-state index contributed by atoms with van der Waals surface area (Å²) in [7, 11) is 0. The normalized spacial score (nSPS) is 11.3. The number of nitrogens with one attached hydrogen (secondary N) is 1. The van der Waals surface area contributed by atoms with E-state index in [1.807, 2.05) is 58.0 Å². The molecular weight excluding hydrogens is 310 g/mol. The lowest BCUT2D eigenvalue weighted by atomic mass is 10.1. The number of benzene rings is 1. The van der Waals surface area contributed by atoms with E-state index < -0.39 is 0 Å². The van der Waals surface area contributed by atoms with E-state index in [2.05, 4.69) is 16.8 Å². The van der Waals surface area contributed by atoms with Crippen LogP contribution in [0.4, 0.5) is 5.69 Å². The van der Waals surface area contributed by atoms with E-state index >= 15 is 0 Å². The van der Waals surface area contributed by atoms with Crippen LogP contribution in [0.5, 0.6) is 0 Å². The number of para-hydroxylation sites is 1. The van der Waals surface area contributed by atoms with Gasteiger partial charge in [-0.15, -0.1) is 0 Å². The van der Waals surface area contributed by atoms with Crippen LogP contribution in [0.1, 0.15) is 41.4 Å². The molecule has 1 aromatic heterocycles. The number of anilines is 1. The van der Waals surface area contributed by atoms with Crippen molar-refractivity contribution in [1.82, 2.24) is 4.57 Å². The van der Waals surface area contributed by atoms with E-state index in [0.717, 1.165) is 46.7 Å². The molecule has 4 heteroatoms. The Morgan fingerprint density at radius 3 is 2.44 bits per heavy atom. The minimum atomic E-state index is -0.375. The van der Waals surface area contributed by atoms with E-state index in [0.29, 0.717) is 0 Å². The molecule has 0 aliphatic carbocycles. The number of carbonyl (C=O) groups excluding carboxylic acids is 1. The molecule has 1 aromatic carbocycles. The first-order valence-corrected chi connectivity index (χ1v) is 8.55. The average molecular weight is 335 g/mol. The first-order chi connectivity index (χ1) is 11.9. The molecule has 0 unspecified atom stereocenters. The quantitative estimate of drug-likeness (QED) is 0.637. The van der Waals surface area contributed by atoms with Crippen LogP contribution in [0.2, 0.25) is 0 Å². The minimum absolute atomic E-state index is 0.111. The van der Waals surface area contributed by atoms with Gasteiger partial charge in [-0.1, -0.05) is 25.1 Å². The standard InChI is InChI=1S/C21H25N3O/c1-6-10-24-16(4)11-18(17(24)5)12-19(13-22)21(25)23-20-14(2)8-7-9-15(20)3/h7-9,11-12H,6,10H2,1-5H3,(H,23,25)/b19-12+. The highest BCUT2D eigenvalue weighted by Crippen LogP contribution is 2.22. The number of amides is 1. The number of rotatable bonds is 5. The monoisotopic (exact) mass is 335 g/mol. The van der Waals surface area contributed by atoms with E-state index in [-0.39, 0.29) is 11.5 Å². The van der Waals surface area contributed by atoms with Crippen molar-refractivity contribution in [2.24, 2.45) is 0 Å². The van der Waals surface area contributed by atoms with Crippen LogP contribution < -0.4 is 5.32 Å². The van der Waals surface area contributed by atoms with Crippen LogP contribution in [0, 0.1) is 39.0 Å². The van der Waals surface area contributed by atoms with Gasteiger partial charge in [-0.05, 0) is 62.9 Å². The summed E-state index contributed by atoms with van der Waals surface area (Å²) in [6.45, 7) is 11.0. The molecule has 0 saturated carbocycles. The third kappa shape index (κ3) is 4.00. The maximum absolute atomic E-state index is 12.6. The van der Waals surface area contributed by atoms with Crippen LogP contribution in [0.3, 0.4) is 0 Å². The summed E-state index contributed by atoms with van der Waals surface area (Å²) in [5.41, 5.74) is 5.97. The second kappa shape index (κ2) is 7.85. The Morgan fingerprint density at radius 1 is 1.24 bits per heavy atom. The Labute approximate surface area is 149 Å². The Kier molecular flexibility index (Phi) is 5.82. The van der Waals surface area contributed by atoms with Gasteiger partial charge in [-0.3, -0.25) is 4.79 Å². The van der Waals surface area contributed by atoms with Crippen LogP contribution >= 0.6 is 0 Å². The molecule has 0 aliphatic heterocycles. The molecule has 1 heterocycles. The number of nitriles is 1. The molecule has 0 bridgehead atoms. The lowest BCUT2D eigenvalue weighted by Crippen LogP contribution is -2.15. The summed E-state index contributed by atoms with van der Waals surface area (Å²) in [5.74, 6) is -0.375. The molecule has 2 aromatic rings. The number of nitrogens with zero attached hydrogens (tertiary/aromatic N) is 2. The van der Waals surface area contributed by atoms with Gasteiger partial charge in [0.25, 0.3) is 5.91 Å². The summed E-state index contributed by atoms with van der Waals surface area (Å²) in [6, 6.07) is 9.89. The van der Waals surface area contributed by atoms with Gasteiger partial charge in [-0.25, -0.2) is 0 Å². The number of hydrogen-bond acceptors (Lipinski definition) is 2.